The van der Waals surface area contributed by atoms with Gasteiger partial charge in [0.05, 0.1) is 19.1 Å². The first-order valence-electron chi connectivity index (χ1n) is 6.50. The molecule has 2 unspecified atom stereocenters. The Morgan fingerprint density at radius 2 is 2.10 bits per heavy atom. The number of carboxylic acids is 1. The SMILES string of the molecule is NC(C(=O)N1CCOC(CC(=O)O)C1)c1ccccc1. The van der Waals surface area contributed by atoms with E-state index >= 15 is 0 Å². The second kappa shape index (κ2) is 6.49. The van der Waals surface area contributed by atoms with Crippen LogP contribution in [0, 0.1) is 0 Å². The van der Waals surface area contributed by atoms with Gasteiger partial charge in [-0.25, -0.2) is 0 Å². The number of benzene rings is 1. The molecule has 1 heterocycles. The van der Waals surface area contributed by atoms with Crippen LogP contribution in [0.25, 0.3) is 0 Å². The number of hydrogen-bond donors (Lipinski definition) is 2. The van der Waals surface area contributed by atoms with Crippen molar-refractivity contribution in [3.05, 3.63) is 35.9 Å². The molecule has 2 rings (SSSR count). The van der Waals surface area contributed by atoms with Crippen LogP contribution in [-0.2, 0) is 14.3 Å². The molecule has 0 aromatic heterocycles. The zero-order chi connectivity index (χ0) is 14.5. The van der Waals surface area contributed by atoms with Gasteiger partial charge in [0.15, 0.2) is 0 Å². The molecule has 0 saturated carbocycles. The highest BCUT2D eigenvalue weighted by Crippen LogP contribution is 2.16. The molecule has 1 saturated heterocycles. The highest BCUT2D eigenvalue weighted by molar-refractivity contribution is 5.83. The van der Waals surface area contributed by atoms with Gasteiger partial charge in [-0.2, -0.15) is 0 Å². The molecule has 2 atom stereocenters. The van der Waals surface area contributed by atoms with E-state index in [9.17, 15) is 9.59 Å². The van der Waals surface area contributed by atoms with Gasteiger partial charge in [0.1, 0.15) is 6.04 Å². The Hall–Kier alpha value is -1.92. The highest BCUT2D eigenvalue weighted by atomic mass is 16.5. The number of rotatable bonds is 4. The Labute approximate surface area is 117 Å². The van der Waals surface area contributed by atoms with Gasteiger partial charge in [0.2, 0.25) is 5.91 Å². The first-order chi connectivity index (χ1) is 9.58. The Balaban J connectivity index is 1.99. The van der Waals surface area contributed by atoms with Gasteiger partial charge >= 0.3 is 5.97 Å². The van der Waals surface area contributed by atoms with Crippen molar-refractivity contribution in [1.82, 2.24) is 4.90 Å². The summed E-state index contributed by atoms with van der Waals surface area (Å²) < 4.78 is 5.34. The van der Waals surface area contributed by atoms with E-state index in [2.05, 4.69) is 0 Å². The van der Waals surface area contributed by atoms with Crippen molar-refractivity contribution in [2.75, 3.05) is 19.7 Å². The van der Waals surface area contributed by atoms with Crippen molar-refractivity contribution in [2.24, 2.45) is 5.73 Å². The quantitative estimate of drug-likeness (QED) is 0.831. The van der Waals surface area contributed by atoms with Crippen molar-refractivity contribution < 1.29 is 19.4 Å². The lowest BCUT2D eigenvalue weighted by molar-refractivity contribution is -0.148. The van der Waals surface area contributed by atoms with Crippen LogP contribution in [0.2, 0.25) is 0 Å². The van der Waals surface area contributed by atoms with E-state index in [1.165, 1.54) is 0 Å². The summed E-state index contributed by atoms with van der Waals surface area (Å²) in [6, 6.07) is 8.40. The topological polar surface area (TPSA) is 92.9 Å². The predicted octanol–water partition coefficient (Wildman–Crippen LogP) is 0.389. The molecule has 20 heavy (non-hydrogen) atoms. The number of aliphatic carboxylic acids is 1. The molecule has 1 fully saturated rings. The zero-order valence-electron chi connectivity index (χ0n) is 11.1. The summed E-state index contributed by atoms with van der Waals surface area (Å²) >= 11 is 0. The van der Waals surface area contributed by atoms with Crippen LogP contribution >= 0.6 is 0 Å². The third-order valence-electron chi connectivity index (χ3n) is 3.28. The summed E-state index contributed by atoms with van der Waals surface area (Å²) in [4.78, 5) is 24.6. The van der Waals surface area contributed by atoms with Crippen LogP contribution in [0.3, 0.4) is 0 Å². The van der Waals surface area contributed by atoms with Gasteiger partial charge in [-0.1, -0.05) is 30.3 Å². The predicted molar refractivity (Wildman–Crippen MR) is 71.9 cm³/mol. The lowest BCUT2D eigenvalue weighted by Crippen LogP contribution is -2.49. The third kappa shape index (κ3) is 3.55. The number of carbonyl (C=O) groups excluding carboxylic acids is 1. The fourth-order valence-corrected chi connectivity index (χ4v) is 2.24. The maximum absolute atomic E-state index is 12.3. The van der Waals surface area contributed by atoms with Crippen LogP contribution < -0.4 is 5.73 Å². The molecule has 1 aliphatic rings. The smallest absolute Gasteiger partial charge is 0.306 e. The Kier molecular flexibility index (Phi) is 4.70. The molecule has 6 heteroatoms. The molecule has 0 bridgehead atoms. The fraction of sp³-hybridized carbons (Fsp3) is 0.429. The maximum atomic E-state index is 12.3. The number of carbonyl (C=O) groups is 2. The normalized spacial score (nSPS) is 20.4. The molecular formula is C14H18N2O4. The monoisotopic (exact) mass is 278 g/mol. The van der Waals surface area contributed by atoms with E-state index in [1.54, 1.807) is 17.0 Å². The van der Waals surface area contributed by atoms with Gasteiger partial charge in [0, 0.05) is 13.1 Å². The molecule has 1 amide bonds. The van der Waals surface area contributed by atoms with E-state index in [0.29, 0.717) is 13.2 Å². The van der Waals surface area contributed by atoms with Crippen molar-refractivity contribution in [1.29, 1.82) is 0 Å². The van der Waals surface area contributed by atoms with E-state index in [-0.39, 0.29) is 18.9 Å². The van der Waals surface area contributed by atoms with E-state index in [0.717, 1.165) is 5.56 Å². The Morgan fingerprint density at radius 1 is 1.40 bits per heavy atom. The first-order valence-corrected chi connectivity index (χ1v) is 6.50. The standard InChI is InChI=1S/C14H18N2O4/c15-13(10-4-2-1-3-5-10)14(19)16-6-7-20-11(9-16)8-12(17)18/h1-5,11,13H,6-9,15H2,(H,17,18). The van der Waals surface area contributed by atoms with Crippen LogP contribution in [0.5, 0.6) is 0 Å². The number of carboxylic acid groups (broad SMARTS) is 1. The fourth-order valence-electron chi connectivity index (χ4n) is 2.24. The summed E-state index contributed by atoms with van der Waals surface area (Å²) in [5, 5.41) is 8.77. The zero-order valence-corrected chi connectivity index (χ0v) is 11.1. The van der Waals surface area contributed by atoms with Crippen molar-refractivity contribution in [3.8, 4) is 0 Å². The van der Waals surface area contributed by atoms with Gasteiger partial charge in [-0.3, -0.25) is 9.59 Å². The number of ether oxygens (including phenoxy) is 1. The molecule has 3 N–H and O–H groups in total. The number of nitrogens with two attached hydrogens (primary N) is 1. The van der Waals surface area contributed by atoms with E-state index in [4.69, 9.17) is 15.6 Å². The van der Waals surface area contributed by atoms with E-state index in [1.807, 2.05) is 18.2 Å². The number of amides is 1. The number of morpholine rings is 1. The van der Waals surface area contributed by atoms with Crippen LogP contribution in [0.15, 0.2) is 30.3 Å². The average molecular weight is 278 g/mol. The lowest BCUT2D eigenvalue weighted by atomic mass is 10.1. The minimum absolute atomic E-state index is 0.107. The summed E-state index contributed by atoms with van der Waals surface area (Å²) in [5.41, 5.74) is 6.72. The second-order valence-corrected chi connectivity index (χ2v) is 4.76. The summed E-state index contributed by atoms with van der Waals surface area (Å²) in [5.74, 6) is -1.13. The van der Waals surface area contributed by atoms with Crippen LogP contribution in [0.1, 0.15) is 18.0 Å². The minimum atomic E-state index is -0.934. The number of hydrogen-bond acceptors (Lipinski definition) is 4. The van der Waals surface area contributed by atoms with Crippen LogP contribution in [0.4, 0.5) is 0 Å². The summed E-state index contributed by atoms with van der Waals surface area (Å²) in [6.07, 6.45) is -0.571. The molecule has 108 valence electrons. The largest absolute Gasteiger partial charge is 0.481 e. The third-order valence-corrected chi connectivity index (χ3v) is 3.28. The van der Waals surface area contributed by atoms with Gasteiger partial charge < -0.3 is 20.5 Å². The average Bonchev–Trinajstić information content (AvgIpc) is 2.46. The Morgan fingerprint density at radius 3 is 2.75 bits per heavy atom. The van der Waals surface area contributed by atoms with Crippen molar-refractivity contribution >= 4 is 11.9 Å². The Bertz CT molecular complexity index is 477. The molecule has 0 aliphatic carbocycles. The molecule has 0 spiro atoms. The summed E-state index contributed by atoms with van der Waals surface area (Å²) in [7, 11) is 0. The molecule has 1 aliphatic heterocycles. The maximum Gasteiger partial charge on any atom is 0.306 e. The van der Waals surface area contributed by atoms with Crippen LogP contribution in [-0.4, -0.2) is 47.7 Å². The van der Waals surface area contributed by atoms with Crippen molar-refractivity contribution in [2.45, 2.75) is 18.6 Å². The molecular weight excluding hydrogens is 260 g/mol. The van der Waals surface area contributed by atoms with Crippen molar-refractivity contribution in [3.63, 3.8) is 0 Å². The lowest BCUT2D eigenvalue weighted by Gasteiger charge is -2.33. The molecule has 6 nitrogen and oxygen atoms in total. The highest BCUT2D eigenvalue weighted by Gasteiger charge is 2.29. The molecule has 1 aromatic carbocycles. The molecule has 0 radical (unpaired) electrons. The van der Waals surface area contributed by atoms with E-state index < -0.39 is 18.1 Å². The van der Waals surface area contributed by atoms with Gasteiger partial charge in [0.25, 0.3) is 0 Å². The molecule has 1 aromatic rings. The second-order valence-electron chi connectivity index (χ2n) is 4.76. The van der Waals surface area contributed by atoms with Gasteiger partial charge in [-0.05, 0) is 5.56 Å². The first kappa shape index (κ1) is 14.5. The number of nitrogens with zero attached hydrogens (tertiary/aromatic N) is 1. The van der Waals surface area contributed by atoms with Gasteiger partial charge in [-0.15, -0.1) is 0 Å². The summed E-state index contributed by atoms with van der Waals surface area (Å²) in [6.45, 7) is 1.05. The minimum Gasteiger partial charge on any atom is -0.481 e.